The summed E-state index contributed by atoms with van der Waals surface area (Å²) < 4.78 is 5.43. The van der Waals surface area contributed by atoms with Gasteiger partial charge >= 0.3 is 5.97 Å². The molecule has 2 unspecified atom stereocenters. The number of furan rings is 1. The highest BCUT2D eigenvalue weighted by atomic mass is 16.4. The van der Waals surface area contributed by atoms with E-state index in [4.69, 9.17) is 9.52 Å². The molecule has 0 aromatic carbocycles. The number of likely N-dealkylation sites (tertiary alicyclic amines) is 1. The third kappa shape index (κ3) is 2.64. The number of carboxylic acid groups (broad SMARTS) is 1. The zero-order valence-electron chi connectivity index (χ0n) is 11.5. The van der Waals surface area contributed by atoms with E-state index in [0.29, 0.717) is 31.0 Å². The van der Waals surface area contributed by atoms with Gasteiger partial charge in [-0.05, 0) is 32.3 Å². The van der Waals surface area contributed by atoms with Gasteiger partial charge in [-0.2, -0.15) is 0 Å². The first-order chi connectivity index (χ1) is 8.90. The Balaban J connectivity index is 2.10. The Morgan fingerprint density at radius 2 is 2.11 bits per heavy atom. The molecule has 19 heavy (non-hydrogen) atoms. The quantitative estimate of drug-likeness (QED) is 0.888. The summed E-state index contributed by atoms with van der Waals surface area (Å²) in [6, 6.07) is 1.83. The van der Waals surface area contributed by atoms with Crippen LogP contribution >= 0.6 is 0 Å². The summed E-state index contributed by atoms with van der Waals surface area (Å²) in [6.07, 6.45) is 0.501. The highest BCUT2D eigenvalue weighted by Crippen LogP contribution is 2.26. The number of carbonyl (C=O) groups excluding carboxylic acids is 1. The number of nitrogens with zero attached hydrogens (tertiary/aromatic N) is 1. The predicted octanol–water partition coefficient (Wildman–Crippen LogP) is 2.08. The predicted molar refractivity (Wildman–Crippen MR) is 69.0 cm³/mol. The highest BCUT2D eigenvalue weighted by Gasteiger charge is 2.34. The summed E-state index contributed by atoms with van der Waals surface area (Å²) in [6.45, 7) is 6.47. The molecule has 5 nitrogen and oxygen atoms in total. The smallest absolute Gasteiger partial charge is 0.306 e. The summed E-state index contributed by atoms with van der Waals surface area (Å²) in [5.74, 6) is -0.214. The van der Waals surface area contributed by atoms with Crippen LogP contribution in [-0.2, 0) is 4.79 Å². The highest BCUT2D eigenvalue weighted by molar-refractivity contribution is 5.93. The molecule has 1 amide bonds. The lowest BCUT2D eigenvalue weighted by molar-refractivity contribution is -0.145. The van der Waals surface area contributed by atoms with E-state index < -0.39 is 5.97 Å². The largest absolute Gasteiger partial charge is 0.481 e. The normalized spacial score (nSPS) is 23.4. The van der Waals surface area contributed by atoms with Crippen LogP contribution in [0.3, 0.4) is 0 Å². The molecular weight excluding hydrogens is 246 g/mol. The first kappa shape index (κ1) is 13.6. The second kappa shape index (κ2) is 5.07. The average molecular weight is 265 g/mol. The van der Waals surface area contributed by atoms with Crippen molar-refractivity contribution in [1.82, 2.24) is 4.90 Å². The molecule has 0 radical (unpaired) electrons. The van der Waals surface area contributed by atoms with Crippen molar-refractivity contribution in [3.05, 3.63) is 23.2 Å². The molecule has 0 spiro atoms. The van der Waals surface area contributed by atoms with Gasteiger partial charge in [-0.1, -0.05) is 6.92 Å². The van der Waals surface area contributed by atoms with Gasteiger partial charge in [0, 0.05) is 18.7 Å². The fourth-order valence-electron chi connectivity index (χ4n) is 2.69. The first-order valence-electron chi connectivity index (χ1n) is 6.49. The van der Waals surface area contributed by atoms with Gasteiger partial charge in [0.2, 0.25) is 0 Å². The minimum atomic E-state index is -0.773. The first-order valence-corrected chi connectivity index (χ1v) is 6.49. The Labute approximate surface area is 112 Å². The zero-order valence-corrected chi connectivity index (χ0v) is 11.5. The van der Waals surface area contributed by atoms with Crippen LogP contribution in [0.15, 0.2) is 10.5 Å². The van der Waals surface area contributed by atoms with Gasteiger partial charge < -0.3 is 14.4 Å². The molecule has 1 fully saturated rings. The van der Waals surface area contributed by atoms with Crippen LogP contribution in [-0.4, -0.2) is 35.0 Å². The fraction of sp³-hybridized carbons (Fsp3) is 0.571. The van der Waals surface area contributed by atoms with Crippen LogP contribution in [0.2, 0.25) is 0 Å². The summed E-state index contributed by atoms with van der Waals surface area (Å²) in [4.78, 5) is 25.1. The van der Waals surface area contributed by atoms with Crippen molar-refractivity contribution in [2.45, 2.75) is 27.2 Å². The van der Waals surface area contributed by atoms with Gasteiger partial charge in [0.15, 0.2) is 5.76 Å². The van der Waals surface area contributed by atoms with Crippen LogP contribution in [0.4, 0.5) is 0 Å². The molecule has 2 rings (SSSR count). The molecule has 104 valence electrons. The minimum Gasteiger partial charge on any atom is -0.481 e. The number of rotatable bonds is 2. The fourth-order valence-corrected chi connectivity index (χ4v) is 2.69. The van der Waals surface area contributed by atoms with Crippen molar-refractivity contribution in [3.8, 4) is 0 Å². The van der Waals surface area contributed by atoms with E-state index in [-0.39, 0.29) is 17.7 Å². The lowest BCUT2D eigenvalue weighted by Crippen LogP contribution is -2.45. The lowest BCUT2D eigenvalue weighted by atomic mass is 9.87. The van der Waals surface area contributed by atoms with Gasteiger partial charge in [0.25, 0.3) is 5.91 Å². The van der Waals surface area contributed by atoms with Crippen molar-refractivity contribution in [2.75, 3.05) is 13.1 Å². The third-order valence-corrected chi connectivity index (χ3v) is 3.74. The maximum atomic E-state index is 12.3. The molecule has 0 bridgehead atoms. The van der Waals surface area contributed by atoms with Crippen molar-refractivity contribution >= 4 is 11.9 Å². The van der Waals surface area contributed by atoms with Crippen molar-refractivity contribution in [3.63, 3.8) is 0 Å². The second-order valence-corrected chi connectivity index (χ2v) is 5.33. The second-order valence-electron chi connectivity index (χ2n) is 5.33. The summed E-state index contributed by atoms with van der Waals surface area (Å²) >= 11 is 0. The van der Waals surface area contributed by atoms with E-state index in [0.717, 1.165) is 5.56 Å². The molecular formula is C14H19NO4. The van der Waals surface area contributed by atoms with E-state index in [1.54, 1.807) is 4.90 Å². The van der Waals surface area contributed by atoms with Crippen LogP contribution in [0.25, 0.3) is 0 Å². The molecule has 1 aromatic heterocycles. The Bertz CT molecular complexity index is 506. The van der Waals surface area contributed by atoms with Crippen LogP contribution < -0.4 is 0 Å². The van der Waals surface area contributed by atoms with E-state index in [9.17, 15) is 9.59 Å². The molecule has 5 heteroatoms. The van der Waals surface area contributed by atoms with Gasteiger partial charge in [-0.25, -0.2) is 0 Å². The van der Waals surface area contributed by atoms with E-state index in [2.05, 4.69) is 0 Å². The maximum absolute atomic E-state index is 12.3. The third-order valence-electron chi connectivity index (χ3n) is 3.74. The SMILES string of the molecule is Cc1cc(C)c(C(=O)N2CCC(C(=O)O)C(C)C2)o1. The maximum Gasteiger partial charge on any atom is 0.306 e. The van der Waals surface area contributed by atoms with Crippen LogP contribution in [0.5, 0.6) is 0 Å². The van der Waals surface area contributed by atoms with Gasteiger partial charge in [0.1, 0.15) is 5.76 Å². The average Bonchev–Trinajstić information content (AvgIpc) is 2.67. The number of carboxylic acids is 1. The van der Waals surface area contributed by atoms with E-state index in [1.807, 2.05) is 26.8 Å². The van der Waals surface area contributed by atoms with Crippen molar-refractivity contribution < 1.29 is 19.1 Å². The molecule has 0 aliphatic carbocycles. The minimum absolute atomic E-state index is 0.0356. The van der Waals surface area contributed by atoms with Gasteiger partial charge in [-0.3, -0.25) is 9.59 Å². The molecule has 1 aliphatic rings. The number of amides is 1. The summed E-state index contributed by atoms with van der Waals surface area (Å²) in [5.41, 5.74) is 0.829. The molecule has 1 aromatic rings. The van der Waals surface area contributed by atoms with Gasteiger partial charge in [0.05, 0.1) is 5.92 Å². The number of piperidine rings is 1. The zero-order chi connectivity index (χ0) is 14.2. The molecule has 2 heterocycles. The van der Waals surface area contributed by atoms with Crippen LogP contribution in [0.1, 0.15) is 35.2 Å². The number of hydrogen-bond donors (Lipinski definition) is 1. The Morgan fingerprint density at radius 3 is 2.58 bits per heavy atom. The van der Waals surface area contributed by atoms with Gasteiger partial charge in [-0.15, -0.1) is 0 Å². The molecule has 2 atom stereocenters. The van der Waals surface area contributed by atoms with E-state index >= 15 is 0 Å². The Kier molecular flexibility index (Phi) is 3.64. The number of aliphatic carboxylic acids is 1. The molecule has 1 aliphatic heterocycles. The monoisotopic (exact) mass is 265 g/mol. The Hall–Kier alpha value is -1.78. The topological polar surface area (TPSA) is 70.8 Å². The Morgan fingerprint density at radius 1 is 1.42 bits per heavy atom. The molecule has 1 N–H and O–H groups in total. The lowest BCUT2D eigenvalue weighted by Gasteiger charge is -2.34. The van der Waals surface area contributed by atoms with Crippen LogP contribution in [0, 0.1) is 25.7 Å². The number of aryl methyl sites for hydroxylation is 2. The number of carbonyl (C=O) groups is 2. The van der Waals surface area contributed by atoms with Crippen molar-refractivity contribution in [2.24, 2.45) is 11.8 Å². The summed E-state index contributed by atoms with van der Waals surface area (Å²) in [5, 5.41) is 9.08. The van der Waals surface area contributed by atoms with Crippen molar-refractivity contribution in [1.29, 1.82) is 0 Å². The molecule has 0 saturated carbocycles. The standard InChI is InChI=1S/C14H19NO4/c1-8-6-10(3)19-12(8)13(16)15-5-4-11(14(17)18)9(2)7-15/h6,9,11H,4-5,7H2,1-3H3,(H,17,18). The summed E-state index contributed by atoms with van der Waals surface area (Å²) in [7, 11) is 0. The van der Waals surface area contributed by atoms with E-state index in [1.165, 1.54) is 0 Å². The number of hydrogen-bond acceptors (Lipinski definition) is 3. The molecule has 1 saturated heterocycles.